The van der Waals surface area contributed by atoms with E-state index in [2.05, 4.69) is 4.98 Å². The second-order valence-electron chi connectivity index (χ2n) is 4.69. The Morgan fingerprint density at radius 2 is 1.95 bits per heavy atom. The van der Waals surface area contributed by atoms with E-state index in [0.717, 1.165) is 16.6 Å². The van der Waals surface area contributed by atoms with E-state index in [1.807, 2.05) is 6.92 Å². The molecule has 0 amide bonds. The number of aryl methyl sites for hydroxylation is 1. The molecule has 0 aliphatic carbocycles. The highest BCUT2D eigenvalue weighted by Gasteiger charge is 2.12. The van der Waals surface area contributed by atoms with Gasteiger partial charge in [0.2, 0.25) is 0 Å². The van der Waals surface area contributed by atoms with Gasteiger partial charge in [0.25, 0.3) is 0 Å². The van der Waals surface area contributed by atoms with Crippen molar-refractivity contribution in [3.8, 4) is 11.5 Å². The molecule has 0 aliphatic heterocycles. The summed E-state index contributed by atoms with van der Waals surface area (Å²) < 4.78 is 19.7. The largest absolute Gasteiger partial charge is 0.453 e. The van der Waals surface area contributed by atoms with Crippen LogP contribution in [0.5, 0.6) is 11.5 Å². The molecule has 5 heteroatoms. The molecule has 0 atom stereocenters. The smallest absolute Gasteiger partial charge is 0.184 e. The molecule has 3 aromatic rings. The zero-order chi connectivity index (χ0) is 15.0. The van der Waals surface area contributed by atoms with Crippen LogP contribution in [-0.4, -0.2) is 4.98 Å². The molecule has 0 saturated heterocycles. The molecule has 1 aromatic heterocycles. The van der Waals surface area contributed by atoms with E-state index in [-0.39, 0.29) is 10.8 Å². The molecule has 3 nitrogen and oxygen atoms in total. The molecule has 0 unspecified atom stereocenters. The molecule has 0 saturated carbocycles. The Morgan fingerprint density at radius 1 is 1.14 bits per heavy atom. The molecule has 1 heterocycles. The van der Waals surface area contributed by atoms with E-state index >= 15 is 0 Å². The maximum atomic E-state index is 14.0. The van der Waals surface area contributed by atoms with Gasteiger partial charge < -0.3 is 10.5 Å². The highest BCUT2D eigenvalue weighted by Crippen LogP contribution is 2.34. The lowest BCUT2D eigenvalue weighted by Gasteiger charge is -2.11. The van der Waals surface area contributed by atoms with E-state index in [1.54, 1.807) is 30.3 Å². The maximum Gasteiger partial charge on any atom is 0.184 e. The fourth-order valence-corrected chi connectivity index (χ4v) is 2.27. The van der Waals surface area contributed by atoms with Crippen LogP contribution >= 0.6 is 11.6 Å². The number of ether oxygens (including phenoxy) is 1. The summed E-state index contributed by atoms with van der Waals surface area (Å²) in [6.45, 7) is 1.84. The minimum absolute atomic E-state index is 0.0158. The molecule has 0 aliphatic rings. The highest BCUT2D eigenvalue weighted by atomic mass is 35.5. The number of nitrogen functional groups attached to an aromatic ring is 1. The SMILES string of the molecule is Cc1cc(Oc2cccc(Cl)c2F)c2cc(N)ccc2n1. The van der Waals surface area contributed by atoms with Crippen molar-refractivity contribution in [1.82, 2.24) is 4.98 Å². The Balaban J connectivity index is 2.15. The quantitative estimate of drug-likeness (QED) is 0.697. The predicted octanol–water partition coefficient (Wildman–Crippen LogP) is 4.71. The summed E-state index contributed by atoms with van der Waals surface area (Å²) in [5.41, 5.74) is 7.89. The van der Waals surface area contributed by atoms with Gasteiger partial charge in [-0.2, -0.15) is 0 Å². The van der Waals surface area contributed by atoms with E-state index < -0.39 is 5.82 Å². The Labute approximate surface area is 126 Å². The summed E-state index contributed by atoms with van der Waals surface area (Å²) in [7, 11) is 0. The second kappa shape index (κ2) is 5.22. The summed E-state index contributed by atoms with van der Waals surface area (Å²) in [6, 6.07) is 11.7. The van der Waals surface area contributed by atoms with E-state index in [1.165, 1.54) is 12.1 Å². The number of nitrogens with two attached hydrogens (primary N) is 1. The number of hydrogen-bond acceptors (Lipinski definition) is 3. The van der Waals surface area contributed by atoms with Gasteiger partial charge >= 0.3 is 0 Å². The van der Waals surface area contributed by atoms with E-state index in [0.29, 0.717) is 11.4 Å². The Morgan fingerprint density at radius 3 is 2.76 bits per heavy atom. The average Bonchev–Trinajstić information content (AvgIpc) is 2.44. The van der Waals surface area contributed by atoms with Gasteiger partial charge in [-0.3, -0.25) is 4.98 Å². The van der Waals surface area contributed by atoms with Crippen LogP contribution in [0.3, 0.4) is 0 Å². The molecule has 2 N–H and O–H groups in total. The van der Waals surface area contributed by atoms with Crippen LogP contribution in [0.15, 0.2) is 42.5 Å². The van der Waals surface area contributed by atoms with Gasteiger partial charge in [0.15, 0.2) is 11.6 Å². The fraction of sp³-hybridized carbons (Fsp3) is 0.0625. The molecule has 0 spiro atoms. The number of nitrogens with zero attached hydrogens (tertiary/aromatic N) is 1. The normalized spacial score (nSPS) is 10.8. The minimum atomic E-state index is -0.592. The first-order valence-electron chi connectivity index (χ1n) is 6.33. The van der Waals surface area contributed by atoms with Crippen LogP contribution in [0.2, 0.25) is 5.02 Å². The van der Waals surface area contributed by atoms with Crippen LogP contribution in [0, 0.1) is 12.7 Å². The summed E-state index contributed by atoms with van der Waals surface area (Å²) in [6.07, 6.45) is 0. The van der Waals surface area contributed by atoms with Gasteiger partial charge in [0.1, 0.15) is 5.75 Å². The third-order valence-electron chi connectivity index (χ3n) is 3.06. The van der Waals surface area contributed by atoms with Gasteiger partial charge in [0, 0.05) is 22.8 Å². The molecule has 0 bridgehead atoms. The molecular weight excluding hydrogens is 291 g/mol. The number of rotatable bonds is 2. The number of fused-ring (bicyclic) bond motifs is 1. The first-order chi connectivity index (χ1) is 10.0. The molecule has 3 rings (SSSR count). The van der Waals surface area contributed by atoms with Gasteiger partial charge in [-0.25, -0.2) is 4.39 Å². The van der Waals surface area contributed by atoms with Crippen LogP contribution in [0.4, 0.5) is 10.1 Å². The van der Waals surface area contributed by atoms with Crippen molar-refractivity contribution in [3.05, 3.63) is 59.0 Å². The van der Waals surface area contributed by atoms with Gasteiger partial charge in [-0.05, 0) is 37.3 Å². The number of pyridine rings is 1. The third kappa shape index (κ3) is 2.62. The summed E-state index contributed by atoms with van der Waals surface area (Å²) in [5, 5.41) is 0.738. The Kier molecular flexibility index (Phi) is 3.39. The Hall–Kier alpha value is -2.33. The lowest BCUT2D eigenvalue weighted by Crippen LogP contribution is -1.94. The molecule has 21 heavy (non-hydrogen) atoms. The fourth-order valence-electron chi connectivity index (χ4n) is 2.10. The number of anilines is 1. The number of benzene rings is 2. The number of hydrogen-bond donors (Lipinski definition) is 1. The number of aromatic nitrogens is 1. The zero-order valence-corrected chi connectivity index (χ0v) is 12.0. The van der Waals surface area contributed by atoms with Gasteiger partial charge in [0.05, 0.1) is 10.5 Å². The van der Waals surface area contributed by atoms with Crippen LogP contribution in [-0.2, 0) is 0 Å². The lowest BCUT2D eigenvalue weighted by atomic mass is 10.1. The average molecular weight is 303 g/mol. The molecule has 2 aromatic carbocycles. The van der Waals surface area contributed by atoms with E-state index in [4.69, 9.17) is 22.1 Å². The van der Waals surface area contributed by atoms with Crippen LogP contribution < -0.4 is 10.5 Å². The van der Waals surface area contributed by atoms with Crippen LogP contribution in [0.1, 0.15) is 5.69 Å². The highest BCUT2D eigenvalue weighted by molar-refractivity contribution is 6.30. The van der Waals surface area contributed by atoms with Crippen molar-refractivity contribution in [1.29, 1.82) is 0 Å². The summed E-state index contributed by atoms with van der Waals surface area (Å²) in [5.74, 6) is -0.0338. The Bertz CT molecular complexity index is 836. The van der Waals surface area contributed by atoms with Crippen molar-refractivity contribution in [3.63, 3.8) is 0 Å². The topological polar surface area (TPSA) is 48.1 Å². The van der Waals surface area contributed by atoms with Crippen LogP contribution in [0.25, 0.3) is 10.9 Å². The standard InChI is InChI=1S/C16H12ClFN2O/c1-9-7-15(11-8-10(19)5-6-13(11)20-9)21-14-4-2-3-12(17)16(14)18/h2-8H,19H2,1H3. The molecule has 0 radical (unpaired) electrons. The van der Waals surface area contributed by atoms with Gasteiger partial charge in [-0.1, -0.05) is 17.7 Å². The minimum Gasteiger partial charge on any atom is -0.453 e. The van der Waals surface area contributed by atoms with Crippen molar-refractivity contribution < 1.29 is 9.13 Å². The van der Waals surface area contributed by atoms with Crippen molar-refractivity contribution in [2.45, 2.75) is 6.92 Å². The number of halogens is 2. The lowest BCUT2D eigenvalue weighted by molar-refractivity contribution is 0.446. The monoisotopic (exact) mass is 302 g/mol. The van der Waals surface area contributed by atoms with Crippen molar-refractivity contribution in [2.75, 3.05) is 5.73 Å². The summed E-state index contributed by atoms with van der Waals surface area (Å²) >= 11 is 5.77. The first kappa shape index (κ1) is 13.6. The molecule has 106 valence electrons. The summed E-state index contributed by atoms with van der Waals surface area (Å²) in [4.78, 5) is 4.40. The first-order valence-corrected chi connectivity index (χ1v) is 6.71. The molecule has 0 fully saturated rings. The predicted molar refractivity (Wildman–Crippen MR) is 82.4 cm³/mol. The van der Waals surface area contributed by atoms with Gasteiger partial charge in [-0.15, -0.1) is 0 Å². The zero-order valence-electron chi connectivity index (χ0n) is 11.2. The second-order valence-corrected chi connectivity index (χ2v) is 5.10. The van der Waals surface area contributed by atoms with Crippen molar-refractivity contribution in [2.24, 2.45) is 0 Å². The third-order valence-corrected chi connectivity index (χ3v) is 3.35. The molecular formula is C16H12ClFN2O. The van der Waals surface area contributed by atoms with E-state index in [9.17, 15) is 4.39 Å². The maximum absolute atomic E-state index is 14.0. The van der Waals surface area contributed by atoms with Crippen molar-refractivity contribution >= 4 is 28.2 Å².